The van der Waals surface area contributed by atoms with E-state index < -0.39 is 39.2 Å². The lowest BCUT2D eigenvalue weighted by Gasteiger charge is -2.11. The Morgan fingerprint density at radius 1 is 1.31 bits per heavy atom. The molecule has 1 aromatic carbocycles. The Morgan fingerprint density at radius 3 is 2.25 bits per heavy atom. The molecule has 0 spiro atoms. The lowest BCUT2D eigenvalue weighted by Crippen LogP contribution is -2.35. The third kappa shape index (κ3) is 3.22. The van der Waals surface area contributed by atoms with Gasteiger partial charge in [-0.3, -0.25) is 0 Å². The predicted molar refractivity (Wildman–Crippen MR) is 53.2 cm³/mol. The van der Waals surface area contributed by atoms with Crippen molar-refractivity contribution in [2.24, 2.45) is 0 Å². The summed E-state index contributed by atoms with van der Waals surface area (Å²) in [7, 11) is -4.01. The molecule has 0 aromatic heterocycles. The van der Waals surface area contributed by atoms with Gasteiger partial charge in [0.25, 0.3) is 0 Å². The van der Waals surface area contributed by atoms with Crippen LogP contribution >= 0.6 is 0 Å². The van der Waals surface area contributed by atoms with Crippen molar-refractivity contribution in [2.75, 3.05) is 6.61 Å². The van der Waals surface area contributed by atoms with Crippen molar-refractivity contribution < 1.29 is 22.3 Å². The number of benzene rings is 1. The molecule has 0 amide bonds. The van der Waals surface area contributed by atoms with Crippen LogP contribution in [0.4, 0.5) is 8.78 Å². The number of sulfonamides is 1. The second kappa shape index (κ2) is 4.86. The van der Waals surface area contributed by atoms with Gasteiger partial charge in [0.2, 0.25) is 10.0 Å². The van der Waals surface area contributed by atoms with Gasteiger partial charge in [0.1, 0.15) is 11.6 Å². The van der Waals surface area contributed by atoms with Crippen LogP contribution in [-0.4, -0.2) is 26.2 Å². The first-order chi connectivity index (χ1) is 7.35. The first kappa shape index (κ1) is 13.0. The molecular formula is C9H11F2NO3S. The van der Waals surface area contributed by atoms with Crippen molar-refractivity contribution in [3.63, 3.8) is 0 Å². The third-order valence-electron chi connectivity index (χ3n) is 1.78. The molecule has 1 rings (SSSR count). The predicted octanol–water partition coefficient (Wildman–Crippen LogP) is 0.624. The SMILES string of the molecule is CC(CO)NS(=O)(=O)c1cc(F)cc(F)c1. The number of aliphatic hydroxyl groups excluding tert-OH is 1. The van der Waals surface area contributed by atoms with Gasteiger partial charge in [-0.25, -0.2) is 21.9 Å². The molecule has 0 radical (unpaired) electrons. The maximum absolute atomic E-state index is 12.8. The van der Waals surface area contributed by atoms with Gasteiger partial charge in [0.15, 0.2) is 0 Å². The Morgan fingerprint density at radius 2 is 1.81 bits per heavy atom. The zero-order chi connectivity index (χ0) is 12.3. The molecule has 1 unspecified atom stereocenters. The Kier molecular flexibility index (Phi) is 3.95. The molecule has 2 N–H and O–H groups in total. The summed E-state index contributed by atoms with van der Waals surface area (Å²) in [4.78, 5) is -0.509. The fourth-order valence-corrected chi connectivity index (χ4v) is 2.33. The van der Waals surface area contributed by atoms with E-state index in [4.69, 9.17) is 5.11 Å². The fourth-order valence-electron chi connectivity index (χ4n) is 1.05. The summed E-state index contributed by atoms with van der Waals surface area (Å²) in [5.74, 6) is -1.95. The van der Waals surface area contributed by atoms with Crippen LogP contribution in [0, 0.1) is 11.6 Å². The number of hydrogen-bond donors (Lipinski definition) is 2. The lowest BCUT2D eigenvalue weighted by atomic mass is 10.3. The number of hydrogen-bond acceptors (Lipinski definition) is 3. The first-order valence-corrected chi connectivity index (χ1v) is 5.93. The van der Waals surface area contributed by atoms with E-state index in [1.54, 1.807) is 0 Å². The largest absolute Gasteiger partial charge is 0.395 e. The van der Waals surface area contributed by atoms with E-state index >= 15 is 0 Å². The summed E-state index contributed by atoms with van der Waals surface area (Å²) in [5.41, 5.74) is 0. The summed E-state index contributed by atoms with van der Waals surface area (Å²) in [6.45, 7) is 1.02. The standard InChI is InChI=1S/C9H11F2NO3S/c1-6(5-13)12-16(14,15)9-3-7(10)2-8(11)4-9/h2-4,6,12-13H,5H2,1H3. The van der Waals surface area contributed by atoms with E-state index in [1.807, 2.05) is 0 Å². The van der Waals surface area contributed by atoms with Crippen molar-refractivity contribution in [3.8, 4) is 0 Å². The van der Waals surface area contributed by atoms with Crippen molar-refractivity contribution in [2.45, 2.75) is 17.9 Å². The average Bonchev–Trinajstić information content (AvgIpc) is 2.15. The second-order valence-electron chi connectivity index (χ2n) is 3.31. The topological polar surface area (TPSA) is 66.4 Å². The Labute approximate surface area is 92.0 Å². The van der Waals surface area contributed by atoms with Crippen LogP contribution in [0.15, 0.2) is 23.1 Å². The Hall–Kier alpha value is -1.05. The normalized spacial score (nSPS) is 13.8. The highest BCUT2D eigenvalue weighted by molar-refractivity contribution is 7.89. The van der Waals surface area contributed by atoms with Crippen molar-refractivity contribution >= 4 is 10.0 Å². The zero-order valence-corrected chi connectivity index (χ0v) is 9.26. The van der Waals surface area contributed by atoms with Crippen molar-refractivity contribution in [1.29, 1.82) is 0 Å². The third-order valence-corrected chi connectivity index (χ3v) is 3.35. The van der Waals surface area contributed by atoms with Crippen molar-refractivity contribution in [1.82, 2.24) is 4.72 Å². The van der Waals surface area contributed by atoms with Gasteiger partial charge in [0, 0.05) is 12.1 Å². The molecule has 0 saturated carbocycles. The van der Waals surface area contributed by atoms with Gasteiger partial charge in [-0.15, -0.1) is 0 Å². The van der Waals surface area contributed by atoms with Crippen LogP contribution in [0.2, 0.25) is 0 Å². The van der Waals surface area contributed by atoms with Gasteiger partial charge >= 0.3 is 0 Å². The van der Waals surface area contributed by atoms with Crippen LogP contribution in [0.25, 0.3) is 0 Å². The first-order valence-electron chi connectivity index (χ1n) is 4.44. The smallest absolute Gasteiger partial charge is 0.241 e. The fraction of sp³-hybridized carbons (Fsp3) is 0.333. The van der Waals surface area contributed by atoms with E-state index in [0.717, 1.165) is 0 Å². The molecule has 0 saturated heterocycles. The van der Waals surface area contributed by atoms with Crippen LogP contribution in [0.1, 0.15) is 6.92 Å². The van der Waals surface area contributed by atoms with E-state index in [1.165, 1.54) is 6.92 Å². The van der Waals surface area contributed by atoms with Gasteiger partial charge in [0.05, 0.1) is 11.5 Å². The molecule has 0 fully saturated rings. The van der Waals surface area contributed by atoms with Gasteiger partial charge in [-0.2, -0.15) is 0 Å². The molecule has 4 nitrogen and oxygen atoms in total. The highest BCUT2D eigenvalue weighted by Crippen LogP contribution is 2.13. The minimum absolute atomic E-state index is 0.406. The number of rotatable bonds is 4. The highest BCUT2D eigenvalue weighted by Gasteiger charge is 2.18. The summed E-state index contributed by atoms with van der Waals surface area (Å²) in [5, 5.41) is 8.68. The molecule has 0 aliphatic rings. The molecule has 16 heavy (non-hydrogen) atoms. The lowest BCUT2D eigenvalue weighted by molar-refractivity contribution is 0.265. The molecule has 90 valence electrons. The number of halogens is 2. The summed E-state index contributed by atoms with van der Waals surface area (Å²) < 4.78 is 50.8. The molecular weight excluding hydrogens is 240 g/mol. The highest BCUT2D eigenvalue weighted by atomic mass is 32.2. The minimum atomic E-state index is -4.01. The molecule has 0 aliphatic heterocycles. The maximum Gasteiger partial charge on any atom is 0.241 e. The summed E-state index contributed by atoms with van der Waals surface area (Å²) in [6, 6.07) is 1.26. The van der Waals surface area contributed by atoms with Crippen LogP contribution in [0.5, 0.6) is 0 Å². The maximum atomic E-state index is 12.8. The molecule has 7 heteroatoms. The monoisotopic (exact) mass is 251 g/mol. The molecule has 0 aliphatic carbocycles. The second-order valence-corrected chi connectivity index (χ2v) is 5.02. The van der Waals surface area contributed by atoms with Crippen LogP contribution in [-0.2, 0) is 10.0 Å². The quantitative estimate of drug-likeness (QED) is 0.824. The van der Waals surface area contributed by atoms with Gasteiger partial charge < -0.3 is 5.11 Å². The molecule has 0 bridgehead atoms. The molecule has 0 heterocycles. The van der Waals surface area contributed by atoms with E-state index in [9.17, 15) is 17.2 Å². The average molecular weight is 251 g/mol. The van der Waals surface area contributed by atoms with Crippen LogP contribution < -0.4 is 4.72 Å². The number of aliphatic hydroxyl groups is 1. The van der Waals surface area contributed by atoms with E-state index in [2.05, 4.69) is 4.72 Å². The zero-order valence-electron chi connectivity index (χ0n) is 8.44. The van der Waals surface area contributed by atoms with E-state index in [0.29, 0.717) is 18.2 Å². The Balaban J connectivity index is 3.07. The summed E-state index contributed by atoms with van der Waals surface area (Å²) >= 11 is 0. The van der Waals surface area contributed by atoms with Crippen molar-refractivity contribution in [3.05, 3.63) is 29.8 Å². The molecule has 1 atom stereocenters. The van der Waals surface area contributed by atoms with Gasteiger partial charge in [-0.05, 0) is 19.1 Å². The Bertz CT molecular complexity index is 455. The van der Waals surface area contributed by atoms with E-state index in [-0.39, 0.29) is 0 Å². The van der Waals surface area contributed by atoms with Crippen LogP contribution in [0.3, 0.4) is 0 Å². The molecule has 1 aromatic rings. The van der Waals surface area contributed by atoms with Gasteiger partial charge in [-0.1, -0.05) is 0 Å². The number of nitrogens with one attached hydrogen (secondary N) is 1. The summed E-state index contributed by atoms with van der Waals surface area (Å²) in [6.07, 6.45) is 0. The minimum Gasteiger partial charge on any atom is -0.395 e.